The fourth-order valence-electron chi connectivity index (χ4n) is 3.45. The van der Waals surface area contributed by atoms with Gasteiger partial charge in [-0.1, -0.05) is 38.0 Å². The molecular weight excluding hydrogens is 438 g/mol. The van der Waals surface area contributed by atoms with Crippen LogP contribution in [0, 0.1) is 6.92 Å². The molecule has 1 aromatic carbocycles. The van der Waals surface area contributed by atoms with E-state index in [1.165, 1.54) is 4.90 Å². The van der Waals surface area contributed by atoms with Crippen molar-refractivity contribution < 1.29 is 29.3 Å². The lowest BCUT2D eigenvalue weighted by atomic mass is 9.98. The van der Waals surface area contributed by atoms with Gasteiger partial charge in [-0.25, -0.2) is 4.79 Å². The molecule has 0 aliphatic carbocycles. The molecule has 3 amide bonds. The van der Waals surface area contributed by atoms with Crippen molar-refractivity contribution in [1.29, 1.82) is 0 Å². The lowest BCUT2D eigenvalue weighted by Gasteiger charge is -2.35. The molecule has 0 aliphatic heterocycles. The Morgan fingerprint density at radius 3 is 2.29 bits per heavy atom. The van der Waals surface area contributed by atoms with Crippen LogP contribution in [0.4, 0.5) is 4.79 Å². The Kier molecular flexibility index (Phi) is 11.3. The van der Waals surface area contributed by atoms with Crippen LogP contribution in [0.15, 0.2) is 18.2 Å². The second-order valence-electron chi connectivity index (χ2n) is 9.70. The highest BCUT2D eigenvalue weighted by Crippen LogP contribution is 2.32. The van der Waals surface area contributed by atoms with E-state index < -0.39 is 42.2 Å². The number of para-hydroxylation sites is 1. The van der Waals surface area contributed by atoms with Crippen LogP contribution < -0.4 is 10.6 Å². The van der Waals surface area contributed by atoms with Crippen LogP contribution in [0.2, 0.25) is 0 Å². The van der Waals surface area contributed by atoms with Crippen molar-refractivity contribution in [3.8, 4) is 5.75 Å². The number of carbonyl (C=O) groups is 3. The van der Waals surface area contributed by atoms with E-state index in [2.05, 4.69) is 10.6 Å². The van der Waals surface area contributed by atoms with Gasteiger partial charge in [0.15, 0.2) is 0 Å². The van der Waals surface area contributed by atoms with E-state index in [1.807, 2.05) is 6.92 Å². The summed E-state index contributed by atoms with van der Waals surface area (Å²) in [5.74, 6) is -1.19. The molecule has 0 bridgehead atoms. The van der Waals surface area contributed by atoms with Gasteiger partial charge in [0, 0.05) is 18.2 Å². The summed E-state index contributed by atoms with van der Waals surface area (Å²) >= 11 is 0. The number of phenolic OH excluding ortho intramolecular Hbond substituents is 1. The number of aryl methyl sites for hydroxylation is 1. The third-order valence-electron chi connectivity index (χ3n) is 5.01. The first-order chi connectivity index (χ1) is 15.8. The Bertz CT molecular complexity index is 834. The highest BCUT2D eigenvalue weighted by atomic mass is 16.6. The van der Waals surface area contributed by atoms with Gasteiger partial charge >= 0.3 is 6.09 Å². The summed E-state index contributed by atoms with van der Waals surface area (Å²) in [6.07, 6.45) is 1.45. The molecule has 4 N–H and O–H groups in total. The molecule has 0 radical (unpaired) electrons. The molecule has 0 aliphatic rings. The number of hydrogen-bond acceptors (Lipinski definition) is 6. The highest BCUT2D eigenvalue weighted by molar-refractivity contribution is 5.92. The molecule has 0 saturated heterocycles. The molecule has 2 atom stereocenters. The van der Waals surface area contributed by atoms with Gasteiger partial charge < -0.3 is 30.5 Å². The van der Waals surface area contributed by atoms with E-state index in [-0.39, 0.29) is 23.9 Å². The maximum absolute atomic E-state index is 13.6. The monoisotopic (exact) mass is 479 g/mol. The maximum atomic E-state index is 13.6. The number of aromatic hydroxyl groups is 1. The van der Waals surface area contributed by atoms with Gasteiger partial charge in [0.2, 0.25) is 11.8 Å². The number of nitrogens with one attached hydrogen (secondary N) is 2. The minimum Gasteiger partial charge on any atom is -0.507 e. The van der Waals surface area contributed by atoms with Gasteiger partial charge in [-0.15, -0.1) is 0 Å². The van der Waals surface area contributed by atoms with Gasteiger partial charge in [0.25, 0.3) is 0 Å². The minimum absolute atomic E-state index is 0.0830. The number of carbonyl (C=O) groups excluding carboxylic acids is 3. The van der Waals surface area contributed by atoms with Gasteiger partial charge in [-0.05, 0) is 53.5 Å². The fraction of sp³-hybridized carbons (Fsp3) is 0.640. The standard InChI is InChI=1S/C25H41N3O6/c1-8-9-10-14-28(23(32)19(15-29)27-24(33)34-25(5,6)7)20(22(31)26-16(2)3)18-13-11-12-17(4)21(18)30/h11-13,16,19-20,29-30H,8-10,14-15H2,1-7H3,(H,26,31)(H,27,33). The number of phenols is 1. The topological polar surface area (TPSA) is 128 Å². The van der Waals surface area contributed by atoms with E-state index >= 15 is 0 Å². The van der Waals surface area contributed by atoms with Crippen LogP contribution in [-0.2, 0) is 14.3 Å². The van der Waals surface area contributed by atoms with Crippen LogP contribution in [0.1, 0.15) is 78.0 Å². The number of ether oxygens (including phenoxy) is 1. The molecule has 192 valence electrons. The predicted molar refractivity (Wildman–Crippen MR) is 130 cm³/mol. The molecule has 1 rings (SSSR count). The van der Waals surface area contributed by atoms with E-state index in [9.17, 15) is 24.6 Å². The number of benzene rings is 1. The van der Waals surface area contributed by atoms with Gasteiger partial charge in [-0.3, -0.25) is 9.59 Å². The third-order valence-corrected chi connectivity index (χ3v) is 5.01. The Balaban J connectivity index is 3.45. The molecule has 0 spiro atoms. The number of alkyl carbamates (subject to hydrolysis) is 1. The second-order valence-corrected chi connectivity index (χ2v) is 9.70. The number of nitrogens with zero attached hydrogens (tertiary/aromatic N) is 1. The number of aliphatic hydroxyl groups excluding tert-OH is 1. The predicted octanol–water partition coefficient (Wildman–Crippen LogP) is 3.17. The molecule has 0 heterocycles. The summed E-state index contributed by atoms with van der Waals surface area (Å²) in [7, 11) is 0. The zero-order chi connectivity index (χ0) is 26.1. The normalized spacial score (nSPS) is 13.2. The van der Waals surface area contributed by atoms with Crippen molar-refractivity contribution >= 4 is 17.9 Å². The van der Waals surface area contributed by atoms with Gasteiger partial charge in [-0.2, -0.15) is 0 Å². The molecule has 34 heavy (non-hydrogen) atoms. The maximum Gasteiger partial charge on any atom is 0.408 e. The summed E-state index contributed by atoms with van der Waals surface area (Å²) in [4.78, 5) is 40.5. The summed E-state index contributed by atoms with van der Waals surface area (Å²) in [5, 5.41) is 25.9. The smallest absolute Gasteiger partial charge is 0.408 e. The number of amides is 3. The van der Waals surface area contributed by atoms with Crippen molar-refractivity contribution in [1.82, 2.24) is 15.5 Å². The van der Waals surface area contributed by atoms with Crippen LogP contribution in [0.5, 0.6) is 5.75 Å². The lowest BCUT2D eigenvalue weighted by molar-refractivity contribution is -0.143. The average molecular weight is 480 g/mol. The van der Waals surface area contributed by atoms with Gasteiger partial charge in [0.1, 0.15) is 23.4 Å². The summed E-state index contributed by atoms with van der Waals surface area (Å²) < 4.78 is 5.23. The Labute approximate surface area is 202 Å². The molecule has 2 unspecified atom stereocenters. The van der Waals surface area contributed by atoms with Crippen molar-refractivity contribution in [2.45, 2.75) is 91.5 Å². The summed E-state index contributed by atoms with van der Waals surface area (Å²) in [6, 6.07) is 2.33. The zero-order valence-corrected chi connectivity index (χ0v) is 21.5. The quantitative estimate of drug-likeness (QED) is 0.361. The molecule has 0 fully saturated rings. The average Bonchev–Trinajstić information content (AvgIpc) is 2.71. The Hall–Kier alpha value is -2.81. The number of aliphatic hydroxyl groups is 1. The van der Waals surface area contributed by atoms with Crippen LogP contribution >= 0.6 is 0 Å². The van der Waals surface area contributed by atoms with E-state index in [0.717, 1.165) is 12.8 Å². The largest absolute Gasteiger partial charge is 0.507 e. The van der Waals surface area contributed by atoms with Crippen molar-refractivity contribution in [2.75, 3.05) is 13.2 Å². The number of hydrogen-bond donors (Lipinski definition) is 4. The molecule has 9 heteroatoms. The van der Waals surface area contributed by atoms with Crippen molar-refractivity contribution in [3.05, 3.63) is 29.3 Å². The molecule has 9 nitrogen and oxygen atoms in total. The SMILES string of the molecule is CCCCCN(C(=O)C(CO)NC(=O)OC(C)(C)C)C(C(=O)NC(C)C)c1cccc(C)c1O. The van der Waals surface area contributed by atoms with E-state index in [4.69, 9.17) is 4.74 Å². The summed E-state index contributed by atoms with van der Waals surface area (Å²) in [6.45, 7) is 11.9. The van der Waals surface area contributed by atoms with Gasteiger partial charge in [0.05, 0.1) is 6.61 Å². The molecular formula is C25H41N3O6. The van der Waals surface area contributed by atoms with E-state index in [0.29, 0.717) is 12.0 Å². The van der Waals surface area contributed by atoms with E-state index in [1.54, 1.807) is 59.7 Å². The third kappa shape index (κ3) is 8.85. The lowest BCUT2D eigenvalue weighted by Crippen LogP contribution is -2.55. The van der Waals surface area contributed by atoms with Crippen molar-refractivity contribution in [2.24, 2.45) is 0 Å². The zero-order valence-electron chi connectivity index (χ0n) is 21.5. The Morgan fingerprint density at radius 1 is 1.12 bits per heavy atom. The Morgan fingerprint density at radius 2 is 1.76 bits per heavy atom. The first kappa shape index (κ1) is 29.2. The number of rotatable bonds is 11. The summed E-state index contributed by atoms with van der Waals surface area (Å²) in [5.41, 5.74) is 0.0457. The minimum atomic E-state index is -1.32. The highest BCUT2D eigenvalue weighted by Gasteiger charge is 2.37. The van der Waals surface area contributed by atoms with Crippen LogP contribution in [-0.4, -0.2) is 63.9 Å². The molecule has 0 aromatic heterocycles. The second kappa shape index (κ2) is 13.2. The van der Waals surface area contributed by atoms with Crippen molar-refractivity contribution in [3.63, 3.8) is 0 Å². The van der Waals surface area contributed by atoms with Crippen LogP contribution in [0.3, 0.4) is 0 Å². The first-order valence-electron chi connectivity index (χ1n) is 11.8. The number of unbranched alkanes of at least 4 members (excludes halogenated alkanes) is 2. The molecule has 1 aromatic rings. The first-order valence-corrected chi connectivity index (χ1v) is 11.8. The molecule has 0 saturated carbocycles. The fourth-order valence-corrected chi connectivity index (χ4v) is 3.45. The van der Waals surface area contributed by atoms with Crippen LogP contribution in [0.25, 0.3) is 0 Å².